The number of hydrogen-bond donors (Lipinski definition) is 1. The number of morpholine rings is 1. The number of likely N-dealkylation sites (tertiary alicyclic amines) is 1. The van der Waals surface area contributed by atoms with Gasteiger partial charge in [-0.2, -0.15) is 0 Å². The molecule has 3 aliphatic rings. The maximum atomic E-state index is 6.40. The Balaban J connectivity index is 1.72. The Morgan fingerprint density at radius 1 is 1.05 bits per heavy atom. The average molecular weight is 296 g/mol. The Morgan fingerprint density at radius 3 is 2.24 bits per heavy atom. The van der Waals surface area contributed by atoms with Crippen LogP contribution in [0.25, 0.3) is 0 Å². The van der Waals surface area contributed by atoms with Gasteiger partial charge in [0.05, 0.1) is 23.4 Å². The van der Waals surface area contributed by atoms with Crippen molar-refractivity contribution in [3.05, 3.63) is 0 Å². The fourth-order valence-electron chi connectivity index (χ4n) is 4.76. The minimum Gasteiger partial charge on any atom is -0.372 e. The Kier molecular flexibility index (Phi) is 4.11. The summed E-state index contributed by atoms with van der Waals surface area (Å²) in [6, 6.07) is 0.415. The second kappa shape index (κ2) is 5.48. The van der Waals surface area contributed by atoms with Crippen LogP contribution in [-0.4, -0.2) is 60.5 Å². The van der Waals surface area contributed by atoms with Crippen molar-refractivity contribution in [3.63, 3.8) is 0 Å². The summed E-state index contributed by atoms with van der Waals surface area (Å²) in [5, 5.41) is 3.69. The standard InChI is InChI=1S/C17H32N2O2/c1-6-18-15-14(16(2,3)21-17(15,4)5)11-19-9-12-7-8-13(10-19)20-12/h12-15,18H,6-11H2,1-5H3. The van der Waals surface area contributed by atoms with Crippen LogP contribution in [0.4, 0.5) is 0 Å². The van der Waals surface area contributed by atoms with E-state index in [1.807, 2.05) is 0 Å². The van der Waals surface area contributed by atoms with E-state index in [1.54, 1.807) is 0 Å². The minimum absolute atomic E-state index is 0.0757. The minimum atomic E-state index is -0.102. The predicted molar refractivity (Wildman–Crippen MR) is 84.5 cm³/mol. The third kappa shape index (κ3) is 3.00. The maximum absolute atomic E-state index is 6.40. The molecule has 21 heavy (non-hydrogen) atoms. The van der Waals surface area contributed by atoms with E-state index < -0.39 is 0 Å². The normalized spacial score (nSPS) is 41.6. The molecule has 3 fully saturated rings. The molecule has 0 saturated carbocycles. The summed E-state index contributed by atoms with van der Waals surface area (Å²) in [5.74, 6) is 0.518. The largest absolute Gasteiger partial charge is 0.372 e. The van der Waals surface area contributed by atoms with Gasteiger partial charge >= 0.3 is 0 Å². The molecular weight excluding hydrogens is 264 g/mol. The molecule has 2 bridgehead atoms. The monoisotopic (exact) mass is 296 g/mol. The van der Waals surface area contributed by atoms with Gasteiger partial charge < -0.3 is 14.8 Å². The topological polar surface area (TPSA) is 33.7 Å². The second-order valence-corrected chi connectivity index (χ2v) is 8.13. The van der Waals surface area contributed by atoms with Crippen molar-refractivity contribution in [3.8, 4) is 0 Å². The highest BCUT2D eigenvalue weighted by atomic mass is 16.5. The van der Waals surface area contributed by atoms with Gasteiger partial charge in [0, 0.05) is 31.6 Å². The van der Waals surface area contributed by atoms with E-state index in [9.17, 15) is 0 Å². The van der Waals surface area contributed by atoms with Crippen LogP contribution in [0.15, 0.2) is 0 Å². The summed E-state index contributed by atoms with van der Waals surface area (Å²) in [4.78, 5) is 2.62. The molecule has 0 aliphatic carbocycles. The second-order valence-electron chi connectivity index (χ2n) is 8.13. The zero-order valence-electron chi connectivity index (χ0n) is 14.3. The molecule has 0 aromatic heterocycles. The lowest BCUT2D eigenvalue weighted by molar-refractivity contribution is -0.0856. The van der Waals surface area contributed by atoms with Gasteiger partial charge in [-0.05, 0) is 47.1 Å². The van der Waals surface area contributed by atoms with Gasteiger partial charge in [0.25, 0.3) is 0 Å². The fourth-order valence-corrected chi connectivity index (χ4v) is 4.76. The zero-order valence-corrected chi connectivity index (χ0v) is 14.3. The van der Waals surface area contributed by atoms with Crippen LogP contribution in [0.3, 0.4) is 0 Å². The number of nitrogens with zero attached hydrogens (tertiary/aromatic N) is 1. The van der Waals surface area contributed by atoms with Crippen molar-refractivity contribution in [1.29, 1.82) is 0 Å². The van der Waals surface area contributed by atoms with Crippen LogP contribution in [0.5, 0.6) is 0 Å². The SMILES string of the molecule is CCNC1C(CN2CC3CCC(C2)O3)C(C)(C)OC1(C)C. The van der Waals surface area contributed by atoms with Crippen molar-refractivity contribution >= 4 is 0 Å². The zero-order chi connectivity index (χ0) is 15.3. The molecule has 0 aromatic rings. The first-order valence-corrected chi connectivity index (χ1v) is 8.63. The van der Waals surface area contributed by atoms with Crippen LogP contribution in [0.2, 0.25) is 0 Å². The highest BCUT2D eigenvalue weighted by Gasteiger charge is 2.54. The van der Waals surface area contributed by atoms with Crippen LogP contribution in [0, 0.1) is 5.92 Å². The van der Waals surface area contributed by atoms with E-state index in [1.165, 1.54) is 12.8 Å². The first-order valence-electron chi connectivity index (χ1n) is 8.63. The van der Waals surface area contributed by atoms with Gasteiger partial charge in [-0.1, -0.05) is 6.92 Å². The first kappa shape index (κ1) is 15.7. The molecule has 4 heteroatoms. The molecule has 4 nitrogen and oxygen atoms in total. The van der Waals surface area contributed by atoms with E-state index >= 15 is 0 Å². The molecule has 0 radical (unpaired) electrons. The molecule has 0 amide bonds. The molecular formula is C17H32N2O2. The van der Waals surface area contributed by atoms with Crippen molar-refractivity contribution in [2.45, 2.75) is 76.9 Å². The van der Waals surface area contributed by atoms with E-state index in [4.69, 9.17) is 9.47 Å². The predicted octanol–water partition coefficient (Wildman–Crippen LogP) is 2.03. The summed E-state index contributed by atoms with van der Waals surface area (Å²) >= 11 is 0. The summed E-state index contributed by atoms with van der Waals surface area (Å²) in [5.41, 5.74) is -0.177. The Labute approximate surface area is 129 Å². The average Bonchev–Trinajstić information content (AvgIpc) is 2.78. The number of ether oxygens (including phenoxy) is 2. The van der Waals surface area contributed by atoms with Gasteiger partial charge in [0.15, 0.2) is 0 Å². The van der Waals surface area contributed by atoms with Crippen molar-refractivity contribution < 1.29 is 9.47 Å². The highest BCUT2D eigenvalue weighted by Crippen LogP contribution is 2.43. The maximum Gasteiger partial charge on any atom is 0.0790 e. The molecule has 122 valence electrons. The van der Waals surface area contributed by atoms with Crippen molar-refractivity contribution in [2.24, 2.45) is 5.92 Å². The molecule has 3 rings (SSSR count). The molecule has 3 saturated heterocycles. The Morgan fingerprint density at radius 2 is 1.67 bits per heavy atom. The smallest absolute Gasteiger partial charge is 0.0790 e. The summed E-state index contributed by atoms with van der Waals surface area (Å²) < 4.78 is 12.4. The van der Waals surface area contributed by atoms with Crippen molar-refractivity contribution in [2.75, 3.05) is 26.2 Å². The Bertz CT molecular complexity index is 371. The third-order valence-electron chi connectivity index (χ3n) is 5.57. The highest BCUT2D eigenvalue weighted by molar-refractivity contribution is 5.06. The van der Waals surface area contributed by atoms with Crippen LogP contribution < -0.4 is 5.32 Å². The van der Waals surface area contributed by atoms with E-state index in [0.29, 0.717) is 24.2 Å². The molecule has 0 spiro atoms. The van der Waals surface area contributed by atoms with Gasteiger partial charge in [-0.15, -0.1) is 0 Å². The number of nitrogens with one attached hydrogen (secondary N) is 1. The van der Waals surface area contributed by atoms with E-state index in [0.717, 1.165) is 26.2 Å². The van der Waals surface area contributed by atoms with E-state index in [2.05, 4.69) is 44.8 Å². The molecule has 0 aromatic carbocycles. The van der Waals surface area contributed by atoms with Crippen LogP contribution in [-0.2, 0) is 9.47 Å². The third-order valence-corrected chi connectivity index (χ3v) is 5.57. The van der Waals surface area contributed by atoms with E-state index in [-0.39, 0.29) is 11.2 Å². The van der Waals surface area contributed by atoms with Gasteiger partial charge in [-0.3, -0.25) is 4.90 Å². The van der Waals surface area contributed by atoms with Crippen LogP contribution >= 0.6 is 0 Å². The summed E-state index contributed by atoms with van der Waals surface area (Å²) in [7, 11) is 0. The number of rotatable bonds is 4. The lowest BCUT2D eigenvalue weighted by Crippen LogP contribution is -2.53. The molecule has 4 unspecified atom stereocenters. The molecule has 3 aliphatic heterocycles. The first-order chi connectivity index (χ1) is 9.82. The molecule has 3 heterocycles. The molecule has 4 atom stereocenters. The van der Waals surface area contributed by atoms with Crippen LogP contribution in [0.1, 0.15) is 47.5 Å². The van der Waals surface area contributed by atoms with Gasteiger partial charge in [-0.25, -0.2) is 0 Å². The summed E-state index contributed by atoms with van der Waals surface area (Å²) in [6.45, 7) is 15.5. The lowest BCUT2D eigenvalue weighted by Gasteiger charge is -2.38. The quantitative estimate of drug-likeness (QED) is 0.861. The van der Waals surface area contributed by atoms with Gasteiger partial charge in [0.1, 0.15) is 0 Å². The van der Waals surface area contributed by atoms with Gasteiger partial charge in [0.2, 0.25) is 0 Å². The Hall–Kier alpha value is -0.160. The molecule has 1 N–H and O–H groups in total. The fraction of sp³-hybridized carbons (Fsp3) is 1.00. The number of likely N-dealkylation sites (N-methyl/N-ethyl adjacent to an activating group) is 1. The number of fused-ring (bicyclic) bond motifs is 2. The number of hydrogen-bond acceptors (Lipinski definition) is 4. The van der Waals surface area contributed by atoms with Crippen molar-refractivity contribution in [1.82, 2.24) is 10.2 Å². The summed E-state index contributed by atoms with van der Waals surface area (Å²) in [6.07, 6.45) is 3.43. The lowest BCUT2D eigenvalue weighted by atomic mass is 9.82.